The lowest BCUT2D eigenvalue weighted by atomic mass is 10.0. The number of halogens is 1. The highest BCUT2D eigenvalue weighted by molar-refractivity contribution is 7.81. The summed E-state index contributed by atoms with van der Waals surface area (Å²) in [7, 11) is 0. The lowest BCUT2D eigenvalue weighted by Gasteiger charge is -2.17. The fraction of sp³-hybridized carbons (Fsp3) is 0.500. The van der Waals surface area contributed by atoms with E-state index in [2.05, 4.69) is 18.8 Å². The summed E-state index contributed by atoms with van der Waals surface area (Å²) in [5, 5.41) is -0.171. The topological polar surface area (TPSA) is 12.4 Å². The van der Waals surface area contributed by atoms with Crippen molar-refractivity contribution in [2.45, 2.75) is 19.2 Å². The number of allylic oxidation sites excluding steroid dienone is 1. The number of hydrogen-bond donors (Lipinski definition) is 0. The zero-order valence-electron chi connectivity index (χ0n) is 6.54. The number of alkyl halides is 1. The van der Waals surface area contributed by atoms with Crippen LogP contribution >= 0.6 is 23.8 Å². The minimum absolute atomic E-state index is 0.171. The van der Waals surface area contributed by atoms with Crippen LogP contribution in [0.25, 0.3) is 0 Å². The molecule has 0 spiro atoms. The van der Waals surface area contributed by atoms with Gasteiger partial charge in [0.25, 0.3) is 0 Å². The Bertz CT molecular complexity index is 230. The van der Waals surface area contributed by atoms with Crippen LogP contribution in [-0.4, -0.2) is 16.0 Å². The summed E-state index contributed by atoms with van der Waals surface area (Å²) in [4.78, 5) is 4.95. The minimum atomic E-state index is -0.171. The highest BCUT2D eigenvalue weighted by atomic mass is 35.5. The molecule has 1 heterocycles. The molecule has 1 unspecified atom stereocenters. The Labute approximate surface area is 77.2 Å². The normalized spacial score (nSPS) is 24.2. The molecule has 0 aromatic carbocycles. The molecule has 0 aromatic rings. The molecule has 0 radical (unpaired) electrons. The molecule has 1 aliphatic rings. The maximum atomic E-state index is 6.00. The number of thiocarbonyl (C=S) groups is 1. The SMILES string of the molecule is CC(C)C1=NC=CC(=S)C1Cl. The summed E-state index contributed by atoms with van der Waals surface area (Å²) < 4.78 is 0. The number of aliphatic imine (C=N–C) groups is 1. The Kier molecular flexibility index (Phi) is 2.79. The lowest BCUT2D eigenvalue weighted by Crippen LogP contribution is -2.28. The zero-order valence-corrected chi connectivity index (χ0v) is 8.12. The van der Waals surface area contributed by atoms with E-state index in [9.17, 15) is 0 Å². The molecule has 11 heavy (non-hydrogen) atoms. The molecule has 0 N–H and O–H groups in total. The van der Waals surface area contributed by atoms with Gasteiger partial charge in [-0.1, -0.05) is 26.1 Å². The van der Waals surface area contributed by atoms with Gasteiger partial charge in [0.05, 0.1) is 0 Å². The molecule has 1 rings (SSSR count). The van der Waals surface area contributed by atoms with Crippen molar-refractivity contribution >= 4 is 34.4 Å². The Morgan fingerprint density at radius 1 is 1.64 bits per heavy atom. The molecule has 1 aliphatic heterocycles. The van der Waals surface area contributed by atoms with Crippen LogP contribution < -0.4 is 0 Å². The molecular formula is C8H10ClNS. The molecule has 60 valence electrons. The van der Waals surface area contributed by atoms with Gasteiger partial charge in [-0.2, -0.15) is 0 Å². The van der Waals surface area contributed by atoms with Gasteiger partial charge in [-0.25, -0.2) is 0 Å². The summed E-state index contributed by atoms with van der Waals surface area (Å²) >= 11 is 11.0. The first-order valence-corrected chi connectivity index (χ1v) is 4.39. The molecule has 0 saturated heterocycles. The van der Waals surface area contributed by atoms with E-state index in [-0.39, 0.29) is 5.38 Å². The summed E-state index contributed by atoms with van der Waals surface area (Å²) in [6.07, 6.45) is 3.50. The molecule has 0 aromatic heterocycles. The number of nitrogens with zero attached hydrogens (tertiary/aromatic N) is 1. The summed E-state index contributed by atoms with van der Waals surface area (Å²) in [5.41, 5.74) is 0.971. The van der Waals surface area contributed by atoms with E-state index in [1.54, 1.807) is 12.3 Å². The van der Waals surface area contributed by atoms with Crippen LogP contribution in [0.15, 0.2) is 17.3 Å². The molecule has 0 amide bonds. The van der Waals surface area contributed by atoms with E-state index in [1.165, 1.54) is 0 Å². The standard InChI is InChI=1S/C8H10ClNS/c1-5(2)8-7(9)6(11)3-4-10-8/h3-5,7H,1-2H3. The molecule has 0 bridgehead atoms. The monoisotopic (exact) mass is 187 g/mol. The predicted octanol–water partition coefficient (Wildman–Crippen LogP) is 2.59. The largest absolute Gasteiger partial charge is 0.263 e. The van der Waals surface area contributed by atoms with E-state index in [4.69, 9.17) is 23.8 Å². The smallest absolute Gasteiger partial charge is 0.107 e. The van der Waals surface area contributed by atoms with Crippen LogP contribution in [0.1, 0.15) is 13.8 Å². The van der Waals surface area contributed by atoms with Crippen molar-refractivity contribution in [3.05, 3.63) is 12.3 Å². The maximum absolute atomic E-state index is 6.00. The average Bonchev–Trinajstić information content (AvgIpc) is 1.94. The van der Waals surface area contributed by atoms with Gasteiger partial charge in [0.15, 0.2) is 0 Å². The second kappa shape index (κ2) is 3.46. The van der Waals surface area contributed by atoms with Crippen LogP contribution in [0, 0.1) is 5.92 Å². The van der Waals surface area contributed by atoms with Gasteiger partial charge in [0, 0.05) is 16.8 Å². The Balaban J connectivity index is 2.87. The average molecular weight is 188 g/mol. The molecule has 0 saturated carbocycles. The molecule has 0 fully saturated rings. The first-order chi connectivity index (χ1) is 5.13. The summed E-state index contributed by atoms with van der Waals surface area (Å²) in [6.45, 7) is 4.13. The van der Waals surface area contributed by atoms with Gasteiger partial charge >= 0.3 is 0 Å². The van der Waals surface area contributed by atoms with Gasteiger partial charge in [-0.05, 0) is 12.0 Å². The van der Waals surface area contributed by atoms with Gasteiger partial charge in [0.2, 0.25) is 0 Å². The summed E-state index contributed by atoms with van der Waals surface area (Å²) in [5.74, 6) is 0.375. The van der Waals surface area contributed by atoms with E-state index in [0.717, 1.165) is 10.6 Å². The Morgan fingerprint density at radius 3 is 2.73 bits per heavy atom. The molecule has 0 aliphatic carbocycles. The van der Waals surface area contributed by atoms with Crippen molar-refractivity contribution in [3.63, 3.8) is 0 Å². The minimum Gasteiger partial charge on any atom is -0.263 e. The second-order valence-corrected chi connectivity index (χ2v) is 3.70. The molecule has 1 nitrogen and oxygen atoms in total. The third-order valence-electron chi connectivity index (χ3n) is 1.56. The molecule has 3 heteroatoms. The predicted molar refractivity (Wildman–Crippen MR) is 53.7 cm³/mol. The van der Waals surface area contributed by atoms with Crippen LogP contribution in [0.5, 0.6) is 0 Å². The third kappa shape index (κ3) is 1.88. The molecule has 1 atom stereocenters. The van der Waals surface area contributed by atoms with E-state index < -0.39 is 0 Å². The highest BCUT2D eigenvalue weighted by Crippen LogP contribution is 2.15. The number of rotatable bonds is 1. The van der Waals surface area contributed by atoms with Crippen LogP contribution in [-0.2, 0) is 0 Å². The maximum Gasteiger partial charge on any atom is 0.107 e. The Morgan fingerprint density at radius 2 is 2.27 bits per heavy atom. The number of hydrogen-bond acceptors (Lipinski definition) is 2. The van der Waals surface area contributed by atoms with E-state index in [1.807, 2.05) is 0 Å². The fourth-order valence-corrected chi connectivity index (χ4v) is 1.50. The van der Waals surface area contributed by atoms with Gasteiger partial charge < -0.3 is 0 Å². The van der Waals surface area contributed by atoms with Crippen molar-refractivity contribution in [1.29, 1.82) is 0 Å². The van der Waals surface area contributed by atoms with Gasteiger partial charge in [0.1, 0.15) is 5.38 Å². The van der Waals surface area contributed by atoms with Crippen molar-refractivity contribution in [1.82, 2.24) is 0 Å². The van der Waals surface area contributed by atoms with Gasteiger partial charge in [-0.15, -0.1) is 11.6 Å². The fourth-order valence-electron chi connectivity index (χ4n) is 0.934. The van der Waals surface area contributed by atoms with E-state index >= 15 is 0 Å². The van der Waals surface area contributed by atoms with E-state index in [0.29, 0.717) is 5.92 Å². The second-order valence-electron chi connectivity index (χ2n) is 2.79. The summed E-state index contributed by atoms with van der Waals surface area (Å²) in [6, 6.07) is 0. The van der Waals surface area contributed by atoms with Crippen molar-refractivity contribution < 1.29 is 0 Å². The van der Waals surface area contributed by atoms with Gasteiger partial charge in [-0.3, -0.25) is 4.99 Å². The lowest BCUT2D eigenvalue weighted by molar-refractivity contribution is 0.871. The highest BCUT2D eigenvalue weighted by Gasteiger charge is 2.20. The zero-order chi connectivity index (χ0) is 8.43. The van der Waals surface area contributed by atoms with Crippen molar-refractivity contribution in [2.75, 3.05) is 0 Å². The quantitative estimate of drug-likeness (QED) is 0.454. The third-order valence-corrected chi connectivity index (χ3v) is 2.52. The Hall–Kier alpha value is -0.210. The first-order valence-electron chi connectivity index (χ1n) is 3.55. The van der Waals surface area contributed by atoms with Crippen molar-refractivity contribution in [2.24, 2.45) is 10.9 Å². The molecular weight excluding hydrogens is 178 g/mol. The van der Waals surface area contributed by atoms with Crippen LogP contribution in [0.4, 0.5) is 0 Å². The van der Waals surface area contributed by atoms with Crippen LogP contribution in [0.3, 0.4) is 0 Å². The first kappa shape index (κ1) is 8.88. The van der Waals surface area contributed by atoms with Crippen LogP contribution in [0.2, 0.25) is 0 Å². The van der Waals surface area contributed by atoms with Crippen molar-refractivity contribution in [3.8, 4) is 0 Å².